The second-order valence-electron chi connectivity index (χ2n) is 6.50. The number of rotatable bonds is 2. The Labute approximate surface area is 110 Å². The van der Waals surface area contributed by atoms with Gasteiger partial charge in [0.25, 0.3) is 0 Å². The summed E-state index contributed by atoms with van der Waals surface area (Å²) < 4.78 is 78.9. The van der Waals surface area contributed by atoms with Crippen molar-refractivity contribution in [3.63, 3.8) is 0 Å². The van der Waals surface area contributed by atoms with E-state index in [1.807, 2.05) is 0 Å². The molecule has 0 aromatic carbocycles. The van der Waals surface area contributed by atoms with Gasteiger partial charge in [-0.3, -0.25) is 0 Å². The Hall–Kier alpha value is -0.283. The average molecular weight is 310 g/mol. The van der Waals surface area contributed by atoms with Crippen LogP contribution in [-0.4, -0.2) is 31.1 Å². The van der Waals surface area contributed by atoms with Crippen LogP contribution in [0, 0.1) is 0 Å². The summed E-state index contributed by atoms with van der Waals surface area (Å²) >= 11 is 0. The molecule has 0 aliphatic heterocycles. The molecule has 0 atom stereocenters. The third-order valence-electron chi connectivity index (χ3n) is 1.98. The molecule has 0 aliphatic rings. The van der Waals surface area contributed by atoms with Crippen molar-refractivity contribution in [1.29, 1.82) is 0 Å². The van der Waals surface area contributed by atoms with Gasteiger partial charge < -0.3 is 9.96 Å². The number of hydrogen-bond donors (Lipinski definition) is 2. The minimum absolute atomic E-state index is 1.27. The zero-order valence-corrected chi connectivity index (χ0v) is 12.8. The summed E-state index contributed by atoms with van der Waals surface area (Å²) in [5.74, 6) is -10.8. The maximum absolute atomic E-state index is 13.1. The molecule has 19 heavy (non-hydrogen) atoms. The summed E-state index contributed by atoms with van der Waals surface area (Å²) in [6.07, 6.45) is 0. The van der Waals surface area contributed by atoms with Crippen LogP contribution in [0.3, 0.4) is 0 Å². The van der Waals surface area contributed by atoms with Gasteiger partial charge in [0.15, 0.2) is 0 Å². The maximum Gasteiger partial charge on any atom is 0.445 e. The van der Waals surface area contributed by atoms with Crippen LogP contribution in [0.2, 0.25) is 0 Å². The van der Waals surface area contributed by atoms with Crippen LogP contribution in [0.15, 0.2) is 0 Å². The lowest BCUT2D eigenvalue weighted by Crippen LogP contribution is -2.85. The molecule has 0 rings (SSSR count). The minimum Gasteiger partial charge on any atom is -0.307 e. The van der Waals surface area contributed by atoms with Gasteiger partial charge in [-0.25, -0.2) is 0 Å². The Morgan fingerprint density at radius 3 is 0.895 bits per heavy atom. The van der Waals surface area contributed by atoms with Gasteiger partial charge >= 0.3 is 20.0 Å². The first kappa shape index (κ1) is 18.7. The second kappa shape index (κ2) is 4.92. The van der Waals surface area contributed by atoms with E-state index in [0.717, 1.165) is 0 Å². The van der Waals surface area contributed by atoms with Gasteiger partial charge in [0.1, 0.15) is 0 Å². The molecule has 0 saturated carbocycles. The number of hydrogen-bond acceptors (Lipinski definition) is 2. The molecule has 0 aromatic heterocycles. The predicted molar refractivity (Wildman–Crippen MR) is 63.6 cm³/mol. The van der Waals surface area contributed by atoms with E-state index >= 15 is 0 Å². The zero-order chi connectivity index (χ0) is 15.9. The molecule has 2 N–H and O–H groups in total. The van der Waals surface area contributed by atoms with E-state index in [4.69, 9.17) is 0 Å². The SMILES string of the molecule is CC(C)(C)N[Si](NC(C)(C)C)(C(F)(F)F)C(F)(F)F. The molecule has 0 unspecified atom stereocenters. The molecule has 0 heterocycles. The maximum atomic E-state index is 13.1. The van der Waals surface area contributed by atoms with Crippen molar-refractivity contribution in [2.45, 2.75) is 64.2 Å². The summed E-state index contributed by atoms with van der Waals surface area (Å²) in [4.78, 5) is 3.57. The summed E-state index contributed by atoms with van der Waals surface area (Å²) in [5, 5.41) is 0. The first-order valence-corrected chi connectivity index (χ1v) is 7.63. The van der Waals surface area contributed by atoms with E-state index in [0.29, 0.717) is 0 Å². The molecular weight excluding hydrogens is 290 g/mol. The zero-order valence-electron chi connectivity index (χ0n) is 11.8. The Morgan fingerprint density at radius 2 is 0.789 bits per heavy atom. The molecule has 9 heteroatoms. The van der Waals surface area contributed by atoms with Gasteiger partial charge in [0, 0.05) is 11.1 Å². The molecule has 116 valence electrons. The quantitative estimate of drug-likeness (QED) is 0.603. The molecule has 0 saturated heterocycles. The van der Waals surface area contributed by atoms with Crippen molar-refractivity contribution < 1.29 is 26.3 Å². The fourth-order valence-electron chi connectivity index (χ4n) is 1.60. The van der Waals surface area contributed by atoms with Gasteiger partial charge in [-0.2, -0.15) is 26.3 Å². The van der Waals surface area contributed by atoms with Crippen LogP contribution in [0.4, 0.5) is 26.3 Å². The monoisotopic (exact) mass is 310 g/mol. The second-order valence-corrected chi connectivity index (χ2v) is 9.63. The van der Waals surface area contributed by atoms with E-state index in [1.54, 1.807) is 9.96 Å². The van der Waals surface area contributed by atoms with E-state index in [2.05, 4.69) is 0 Å². The van der Waals surface area contributed by atoms with Crippen molar-refractivity contribution in [2.24, 2.45) is 0 Å². The third kappa shape index (κ3) is 4.96. The van der Waals surface area contributed by atoms with Crippen LogP contribution in [0.1, 0.15) is 41.5 Å². The molecule has 0 bridgehead atoms. The highest BCUT2D eigenvalue weighted by Crippen LogP contribution is 2.39. The summed E-state index contributed by atoms with van der Waals surface area (Å²) in [5.41, 5.74) is -2.65. The summed E-state index contributed by atoms with van der Waals surface area (Å²) in [6.45, 7) is 7.65. The average Bonchev–Trinajstić information content (AvgIpc) is 1.91. The number of alkyl halides is 6. The van der Waals surface area contributed by atoms with Crippen molar-refractivity contribution in [2.75, 3.05) is 0 Å². The Kier molecular flexibility index (Phi) is 4.85. The third-order valence-corrected chi connectivity index (χ3v) is 5.93. The first-order chi connectivity index (χ1) is 7.91. The lowest BCUT2D eigenvalue weighted by atomic mass is 10.1. The van der Waals surface area contributed by atoms with Crippen LogP contribution in [-0.2, 0) is 0 Å². The van der Waals surface area contributed by atoms with E-state index < -0.39 is 31.1 Å². The smallest absolute Gasteiger partial charge is 0.307 e. The van der Waals surface area contributed by atoms with Gasteiger partial charge in [0.2, 0.25) is 0 Å². The summed E-state index contributed by atoms with van der Waals surface area (Å²) in [6, 6.07) is 0. The highest BCUT2D eigenvalue weighted by atomic mass is 28.4. The fourth-order valence-corrected chi connectivity index (χ4v) is 4.80. The molecule has 2 nitrogen and oxygen atoms in total. The first-order valence-electron chi connectivity index (χ1n) is 5.63. The fraction of sp³-hybridized carbons (Fsp3) is 1.00. The highest BCUT2D eigenvalue weighted by molar-refractivity contribution is 6.79. The van der Waals surface area contributed by atoms with Gasteiger partial charge in [-0.15, -0.1) is 0 Å². The highest BCUT2D eigenvalue weighted by Gasteiger charge is 2.77. The molecule has 0 aliphatic carbocycles. The topological polar surface area (TPSA) is 24.1 Å². The van der Waals surface area contributed by atoms with E-state index in [1.165, 1.54) is 41.5 Å². The molecule has 0 aromatic rings. The van der Waals surface area contributed by atoms with Crippen molar-refractivity contribution in [3.8, 4) is 0 Å². The Balaban J connectivity index is 5.91. The largest absolute Gasteiger partial charge is 0.445 e. The van der Waals surface area contributed by atoms with Crippen molar-refractivity contribution >= 4 is 8.40 Å². The van der Waals surface area contributed by atoms with E-state index in [-0.39, 0.29) is 0 Å². The van der Waals surface area contributed by atoms with Crippen LogP contribution in [0.25, 0.3) is 0 Å². The molecule has 0 fully saturated rings. The van der Waals surface area contributed by atoms with Gasteiger partial charge in [-0.05, 0) is 41.5 Å². The lowest BCUT2D eigenvalue weighted by Gasteiger charge is -2.43. The molecule has 0 radical (unpaired) electrons. The number of halogens is 6. The van der Waals surface area contributed by atoms with Crippen molar-refractivity contribution in [1.82, 2.24) is 9.96 Å². The minimum atomic E-state index is -5.97. The Bertz CT molecular complexity index is 278. The van der Waals surface area contributed by atoms with Crippen LogP contribution in [0.5, 0.6) is 0 Å². The molecule has 0 spiro atoms. The predicted octanol–water partition coefficient (Wildman–Crippen LogP) is 3.41. The number of nitrogens with one attached hydrogen (secondary N) is 2. The molecule has 0 amide bonds. The standard InChI is InChI=1S/C10H20F6N2Si/c1-7(2,3)17-19(9(11,12)13,10(14,15)16)18-8(4,5)6/h17-18H,1-6H3. The van der Waals surface area contributed by atoms with Gasteiger partial charge in [0.05, 0.1) is 0 Å². The lowest BCUT2D eigenvalue weighted by molar-refractivity contribution is -0.123. The van der Waals surface area contributed by atoms with Crippen LogP contribution >= 0.6 is 0 Å². The van der Waals surface area contributed by atoms with Crippen molar-refractivity contribution in [3.05, 3.63) is 0 Å². The normalized spacial score (nSPS) is 15.8. The molecular formula is C10H20F6N2Si. The Morgan fingerprint density at radius 1 is 0.579 bits per heavy atom. The van der Waals surface area contributed by atoms with Crippen LogP contribution < -0.4 is 9.96 Å². The summed E-state index contributed by atoms with van der Waals surface area (Å²) in [7, 11) is -5.97. The van der Waals surface area contributed by atoms with Gasteiger partial charge in [-0.1, -0.05) is 0 Å². The van der Waals surface area contributed by atoms with E-state index in [9.17, 15) is 26.3 Å².